The molecule has 0 aromatic carbocycles. The molecule has 4 rings (SSSR count). The van der Waals surface area contributed by atoms with E-state index < -0.39 is 0 Å². The third-order valence-corrected chi connectivity index (χ3v) is 8.76. The number of terminal acetylenes is 1. The van der Waals surface area contributed by atoms with Crippen LogP contribution in [0.1, 0.15) is 65.7 Å². The van der Waals surface area contributed by atoms with Crippen LogP contribution >= 0.6 is 0 Å². The molecule has 0 heterocycles. The number of rotatable bonds is 2. The van der Waals surface area contributed by atoms with Crippen LogP contribution in [0.3, 0.4) is 0 Å². The van der Waals surface area contributed by atoms with Crippen LogP contribution in [0.5, 0.6) is 0 Å². The Kier molecular flexibility index (Phi) is 3.77. The van der Waals surface area contributed by atoms with Gasteiger partial charge in [0.15, 0.2) is 0 Å². The van der Waals surface area contributed by atoms with Crippen molar-refractivity contribution in [1.82, 2.24) is 0 Å². The van der Waals surface area contributed by atoms with E-state index >= 15 is 0 Å². The normalized spacial score (nSPS) is 47.0. The zero-order valence-electron chi connectivity index (χ0n) is 16.5. The van der Waals surface area contributed by atoms with Gasteiger partial charge >= 0.3 is 0 Å². The Balaban J connectivity index is 1.85. The minimum absolute atomic E-state index is 0.0303. The average molecular weight is 354 g/mol. The van der Waals surface area contributed by atoms with E-state index in [9.17, 15) is 4.79 Å². The predicted molar refractivity (Wildman–Crippen MR) is 101 cm³/mol. The van der Waals surface area contributed by atoms with Gasteiger partial charge in [-0.1, -0.05) is 33.3 Å². The number of hydrogen-bond donors (Lipinski definition) is 0. The summed E-state index contributed by atoms with van der Waals surface area (Å²) >= 11 is 0. The fraction of sp³-hybridized carbons (Fsp3) is 0.696. The number of allylic oxidation sites excluding steroid dienone is 3. The van der Waals surface area contributed by atoms with E-state index in [0.29, 0.717) is 11.7 Å². The quantitative estimate of drug-likeness (QED) is 0.670. The number of ketones is 1. The van der Waals surface area contributed by atoms with Crippen molar-refractivity contribution in [1.29, 1.82) is 0 Å². The second-order valence-corrected chi connectivity index (χ2v) is 9.41. The second kappa shape index (κ2) is 5.49. The Labute approximate surface area is 157 Å². The van der Waals surface area contributed by atoms with Crippen LogP contribution in [0.15, 0.2) is 23.5 Å². The highest BCUT2D eigenvalue weighted by molar-refractivity contribution is 5.87. The van der Waals surface area contributed by atoms with Crippen molar-refractivity contribution < 1.29 is 14.3 Å². The fourth-order valence-electron chi connectivity index (χ4n) is 7.31. The van der Waals surface area contributed by atoms with Crippen molar-refractivity contribution in [3.05, 3.63) is 23.5 Å². The van der Waals surface area contributed by atoms with E-state index in [1.165, 1.54) is 5.57 Å². The van der Waals surface area contributed by atoms with Crippen molar-refractivity contribution in [3.63, 3.8) is 0 Å². The van der Waals surface area contributed by atoms with E-state index in [1.807, 2.05) is 7.11 Å². The highest BCUT2D eigenvalue weighted by Gasteiger charge is 2.71. The van der Waals surface area contributed by atoms with Gasteiger partial charge in [0, 0.05) is 36.2 Å². The molecule has 0 radical (unpaired) electrons. The summed E-state index contributed by atoms with van der Waals surface area (Å²) < 4.78 is 11.8. The molecule has 0 saturated heterocycles. The molecule has 2 fully saturated rings. The summed E-state index contributed by atoms with van der Waals surface area (Å²) in [5.74, 6) is 1.72. The topological polar surface area (TPSA) is 35.5 Å². The molecule has 0 bridgehead atoms. The highest BCUT2D eigenvalue weighted by atomic mass is 16.5. The van der Waals surface area contributed by atoms with E-state index in [0.717, 1.165) is 50.7 Å². The lowest BCUT2D eigenvalue weighted by atomic mass is 9.40. The molecule has 5 atom stereocenters. The first-order valence-corrected chi connectivity index (χ1v) is 9.89. The van der Waals surface area contributed by atoms with Crippen molar-refractivity contribution in [2.45, 2.75) is 71.3 Å². The van der Waals surface area contributed by atoms with Crippen molar-refractivity contribution in [2.24, 2.45) is 22.2 Å². The van der Waals surface area contributed by atoms with Gasteiger partial charge in [-0.3, -0.25) is 4.79 Å². The van der Waals surface area contributed by atoms with Crippen molar-refractivity contribution >= 4 is 5.78 Å². The summed E-state index contributed by atoms with van der Waals surface area (Å²) in [7, 11) is 1.88. The van der Waals surface area contributed by atoms with Gasteiger partial charge in [0.25, 0.3) is 0 Å². The third-order valence-electron chi connectivity index (χ3n) is 8.76. The molecular weight excluding hydrogens is 324 g/mol. The minimum Gasteiger partial charge on any atom is -0.412 e. The maximum absolute atomic E-state index is 12.7. The van der Waals surface area contributed by atoms with Crippen LogP contribution in [0.25, 0.3) is 0 Å². The lowest BCUT2D eigenvalue weighted by molar-refractivity contribution is -0.239. The SMILES string of the molecule is C#COC1=CC2=CC[C@@]3(C)C4CCC(=O)[C@@]4(C)CC[C@]3(OC)[C@@]2(C)CC1. The first-order chi connectivity index (χ1) is 12.3. The van der Waals surface area contributed by atoms with Gasteiger partial charge in [0.1, 0.15) is 17.6 Å². The molecule has 0 N–H and O–H groups in total. The summed E-state index contributed by atoms with van der Waals surface area (Å²) in [6.07, 6.45) is 18.5. The monoisotopic (exact) mass is 354 g/mol. The van der Waals surface area contributed by atoms with Gasteiger partial charge in [-0.05, 0) is 49.7 Å². The maximum atomic E-state index is 12.7. The van der Waals surface area contributed by atoms with Crippen LogP contribution < -0.4 is 0 Å². The lowest BCUT2D eigenvalue weighted by Gasteiger charge is -2.67. The number of fused-ring (bicyclic) bond motifs is 5. The highest BCUT2D eigenvalue weighted by Crippen LogP contribution is 2.71. The Bertz CT molecular complexity index is 756. The summed E-state index contributed by atoms with van der Waals surface area (Å²) in [6.45, 7) is 6.94. The molecule has 1 unspecified atom stereocenters. The standard InChI is InChI=1S/C23H30O3/c1-6-26-17-10-12-21(3)16(15-17)9-11-22(4)18-7-8-19(24)20(18,2)13-14-23(21,22)25-5/h1,9,15,18H,7-8,10-14H2,2-5H3/t18?,20-,21-,22-,23-/m0/s1. The number of Topliss-reactive ketones (excluding diaryl/α,β-unsaturated/α-hetero) is 1. The van der Waals surface area contributed by atoms with Gasteiger partial charge in [-0.15, -0.1) is 0 Å². The first-order valence-electron chi connectivity index (χ1n) is 9.89. The van der Waals surface area contributed by atoms with Crippen LogP contribution in [0, 0.1) is 34.7 Å². The number of hydrogen-bond acceptors (Lipinski definition) is 3. The van der Waals surface area contributed by atoms with Crippen molar-refractivity contribution in [2.75, 3.05) is 7.11 Å². The molecule has 140 valence electrons. The summed E-state index contributed by atoms with van der Waals surface area (Å²) in [6, 6.07) is 0. The Hall–Kier alpha value is -1.53. The predicted octanol–water partition coefficient (Wildman–Crippen LogP) is 4.78. The smallest absolute Gasteiger partial charge is 0.139 e. The number of ether oxygens (including phenoxy) is 2. The van der Waals surface area contributed by atoms with E-state index in [4.69, 9.17) is 15.9 Å². The zero-order chi connectivity index (χ0) is 18.8. The molecular formula is C23H30O3. The van der Waals surface area contributed by atoms with E-state index in [-0.39, 0.29) is 21.8 Å². The van der Waals surface area contributed by atoms with Crippen LogP contribution in [0.2, 0.25) is 0 Å². The first kappa shape index (κ1) is 17.9. The Morgan fingerprint density at radius 1 is 1.19 bits per heavy atom. The zero-order valence-corrected chi connectivity index (χ0v) is 16.5. The molecule has 3 heteroatoms. The van der Waals surface area contributed by atoms with Gasteiger partial charge in [0.05, 0.1) is 5.60 Å². The Morgan fingerprint density at radius 3 is 2.65 bits per heavy atom. The van der Waals surface area contributed by atoms with Crippen LogP contribution in [0.4, 0.5) is 0 Å². The van der Waals surface area contributed by atoms with Gasteiger partial charge < -0.3 is 9.47 Å². The number of methoxy groups -OCH3 is 1. The third kappa shape index (κ3) is 1.87. The summed E-state index contributed by atoms with van der Waals surface area (Å²) in [5, 5.41) is 0. The molecule has 0 spiro atoms. The minimum atomic E-state index is -0.253. The van der Waals surface area contributed by atoms with E-state index in [2.05, 4.69) is 39.0 Å². The molecule has 4 aliphatic rings. The molecule has 0 amide bonds. The molecule has 26 heavy (non-hydrogen) atoms. The summed E-state index contributed by atoms with van der Waals surface area (Å²) in [4.78, 5) is 12.7. The molecule has 3 nitrogen and oxygen atoms in total. The van der Waals surface area contributed by atoms with Crippen LogP contribution in [-0.2, 0) is 14.3 Å². The molecule has 0 aromatic rings. The lowest BCUT2D eigenvalue weighted by Crippen LogP contribution is -2.68. The molecule has 0 aliphatic heterocycles. The molecule has 0 aromatic heterocycles. The second-order valence-electron chi connectivity index (χ2n) is 9.41. The van der Waals surface area contributed by atoms with Crippen molar-refractivity contribution in [3.8, 4) is 12.5 Å². The number of carbonyl (C=O) groups is 1. The molecule has 2 saturated carbocycles. The average Bonchev–Trinajstić information content (AvgIpc) is 2.92. The van der Waals surface area contributed by atoms with E-state index in [1.54, 1.807) is 0 Å². The molecule has 4 aliphatic carbocycles. The van der Waals surface area contributed by atoms with Gasteiger partial charge in [-0.2, -0.15) is 0 Å². The van der Waals surface area contributed by atoms with Gasteiger partial charge in [-0.25, -0.2) is 0 Å². The largest absolute Gasteiger partial charge is 0.412 e. The number of carbonyl (C=O) groups excluding carboxylic acids is 1. The van der Waals surface area contributed by atoms with Crippen LogP contribution in [-0.4, -0.2) is 18.5 Å². The summed E-state index contributed by atoms with van der Waals surface area (Å²) in [5.41, 5.74) is 0.750. The maximum Gasteiger partial charge on any atom is 0.139 e. The van der Waals surface area contributed by atoms with Gasteiger partial charge in [0.2, 0.25) is 0 Å². The fourth-order valence-corrected chi connectivity index (χ4v) is 7.31. The Morgan fingerprint density at radius 2 is 1.96 bits per heavy atom.